The van der Waals surface area contributed by atoms with E-state index in [2.05, 4.69) is 16.0 Å². The summed E-state index contributed by atoms with van der Waals surface area (Å²) in [4.78, 5) is 24.8. The van der Waals surface area contributed by atoms with Crippen molar-refractivity contribution in [3.63, 3.8) is 0 Å². The van der Waals surface area contributed by atoms with Crippen LogP contribution in [0.25, 0.3) is 0 Å². The van der Waals surface area contributed by atoms with Gasteiger partial charge in [-0.05, 0) is 55.0 Å². The standard InChI is InChI=1S/C21H17N3O3/c1-13-5-4-6-14(11-13)22-21(26)23-15-9-10-18-16(12-15)20(25)24-17-7-2-3-8-19(17)27-18/h2-12H,1H3,(H,24,25)(H2,22,23,26). The lowest BCUT2D eigenvalue weighted by atomic mass is 10.1. The van der Waals surface area contributed by atoms with Gasteiger partial charge in [0, 0.05) is 11.4 Å². The number of hydrogen-bond donors (Lipinski definition) is 3. The number of nitrogens with one attached hydrogen (secondary N) is 3. The highest BCUT2D eigenvalue weighted by Gasteiger charge is 2.21. The summed E-state index contributed by atoms with van der Waals surface area (Å²) in [5.74, 6) is 0.710. The second-order valence-electron chi connectivity index (χ2n) is 6.21. The Morgan fingerprint density at radius 1 is 0.889 bits per heavy atom. The van der Waals surface area contributed by atoms with Gasteiger partial charge >= 0.3 is 6.03 Å². The van der Waals surface area contributed by atoms with Crippen LogP contribution in [-0.4, -0.2) is 11.9 Å². The van der Waals surface area contributed by atoms with E-state index in [0.717, 1.165) is 5.56 Å². The summed E-state index contributed by atoms with van der Waals surface area (Å²) in [6, 6.07) is 19.3. The van der Waals surface area contributed by atoms with E-state index in [1.165, 1.54) is 0 Å². The maximum absolute atomic E-state index is 12.5. The van der Waals surface area contributed by atoms with Gasteiger partial charge in [-0.15, -0.1) is 0 Å². The molecule has 6 heteroatoms. The van der Waals surface area contributed by atoms with Gasteiger partial charge in [0.2, 0.25) is 0 Å². The molecule has 6 nitrogen and oxygen atoms in total. The van der Waals surface area contributed by atoms with Gasteiger partial charge in [-0.3, -0.25) is 4.79 Å². The number of aryl methyl sites for hydroxylation is 1. The Morgan fingerprint density at radius 3 is 2.48 bits per heavy atom. The summed E-state index contributed by atoms with van der Waals surface area (Å²) >= 11 is 0. The van der Waals surface area contributed by atoms with Crippen LogP contribution in [0.3, 0.4) is 0 Å². The number of anilines is 3. The monoisotopic (exact) mass is 359 g/mol. The quantitative estimate of drug-likeness (QED) is 0.602. The van der Waals surface area contributed by atoms with Crippen LogP contribution in [0.4, 0.5) is 21.9 Å². The van der Waals surface area contributed by atoms with Crippen molar-refractivity contribution in [2.45, 2.75) is 6.92 Å². The zero-order chi connectivity index (χ0) is 18.8. The Bertz CT molecular complexity index is 1050. The molecule has 0 saturated heterocycles. The first kappa shape index (κ1) is 16.7. The fraction of sp³-hybridized carbons (Fsp3) is 0.0476. The van der Waals surface area contributed by atoms with Crippen molar-refractivity contribution in [1.82, 2.24) is 0 Å². The van der Waals surface area contributed by atoms with Crippen LogP contribution in [-0.2, 0) is 0 Å². The number of amides is 3. The third-order valence-electron chi connectivity index (χ3n) is 4.11. The summed E-state index contributed by atoms with van der Waals surface area (Å²) in [6.45, 7) is 1.95. The molecular formula is C21H17N3O3. The van der Waals surface area contributed by atoms with E-state index >= 15 is 0 Å². The average Bonchev–Trinajstić information content (AvgIpc) is 2.77. The van der Waals surface area contributed by atoms with Crippen LogP contribution in [0.15, 0.2) is 66.7 Å². The molecule has 1 aliphatic rings. The zero-order valence-electron chi connectivity index (χ0n) is 14.6. The molecule has 1 aliphatic heterocycles. The molecule has 0 saturated carbocycles. The average molecular weight is 359 g/mol. The fourth-order valence-electron chi connectivity index (χ4n) is 2.86. The van der Waals surface area contributed by atoms with Crippen LogP contribution in [0, 0.1) is 6.92 Å². The molecule has 0 spiro atoms. The molecule has 0 unspecified atom stereocenters. The van der Waals surface area contributed by atoms with Gasteiger partial charge < -0.3 is 20.7 Å². The zero-order valence-corrected chi connectivity index (χ0v) is 14.6. The molecule has 27 heavy (non-hydrogen) atoms. The molecule has 3 aromatic carbocycles. The number of ether oxygens (including phenoxy) is 1. The third kappa shape index (κ3) is 3.59. The highest BCUT2D eigenvalue weighted by atomic mass is 16.5. The number of rotatable bonds is 2. The first-order valence-electron chi connectivity index (χ1n) is 8.45. The van der Waals surface area contributed by atoms with E-state index in [9.17, 15) is 9.59 Å². The summed E-state index contributed by atoms with van der Waals surface area (Å²) in [7, 11) is 0. The Kier molecular flexibility index (Phi) is 4.22. The second-order valence-corrected chi connectivity index (χ2v) is 6.21. The maximum atomic E-state index is 12.5. The van der Waals surface area contributed by atoms with Gasteiger partial charge in [-0.2, -0.15) is 0 Å². The molecule has 3 aromatic rings. The van der Waals surface area contributed by atoms with Crippen LogP contribution >= 0.6 is 0 Å². The summed E-state index contributed by atoms with van der Waals surface area (Å²) in [5, 5.41) is 8.32. The van der Waals surface area contributed by atoms with Gasteiger partial charge in [0.25, 0.3) is 5.91 Å². The number of benzene rings is 3. The van der Waals surface area contributed by atoms with Gasteiger partial charge in [0.15, 0.2) is 5.75 Å². The molecule has 0 aromatic heterocycles. The van der Waals surface area contributed by atoms with Gasteiger partial charge in [-0.1, -0.05) is 24.3 Å². The molecule has 0 aliphatic carbocycles. The summed E-state index contributed by atoms with van der Waals surface area (Å²) < 4.78 is 5.83. The van der Waals surface area contributed by atoms with Gasteiger partial charge in [-0.25, -0.2) is 4.79 Å². The molecule has 0 atom stereocenters. The van der Waals surface area contributed by atoms with Crippen molar-refractivity contribution in [1.29, 1.82) is 0 Å². The molecule has 134 valence electrons. The molecule has 4 rings (SSSR count). The van der Waals surface area contributed by atoms with E-state index in [4.69, 9.17) is 4.74 Å². The Hall–Kier alpha value is -3.80. The highest BCUT2D eigenvalue weighted by Crippen LogP contribution is 2.36. The molecule has 1 heterocycles. The summed E-state index contributed by atoms with van der Waals surface area (Å²) in [5.41, 5.74) is 3.18. The van der Waals surface area contributed by atoms with E-state index in [0.29, 0.717) is 34.1 Å². The number of para-hydroxylation sites is 2. The first-order valence-corrected chi connectivity index (χ1v) is 8.45. The predicted octanol–water partition coefficient (Wildman–Crippen LogP) is 5.00. The van der Waals surface area contributed by atoms with Crippen molar-refractivity contribution in [2.75, 3.05) is 16.0 Å². The van der Waals surface area contributed by atoms with Crippen LogP contribution in [0.1, 0.15) is 15.9 Å². The van der Waals surface area contributed by atoms with Crippen molar-refractivity contribution < 1.29 is 14.3 Å². The Balaban J connectivity index is 1.54. The minimum Gasteiger partial charge on any atom is -0.454 e. The maximum Gasteiger partial charge on any atom is 0.323 e. The lowest BCUT2D eigenvalue weighted by Crippen LogP contribution is -2.20. The molecule has 0 bridgehead atoms. The molecule has 3 N–H and O–H groups in total. The molecule has 0 fully saturated rings. The molecule has 3 amide bonds. The van der Waals surface area contributed by atoms with Crippen molar-refractivity contribution in [3.05, 3.63) is 77.9 Å². The lowest BCUT2D eigenvalue weighted by molar-refractivity contribution is 0.102. The van der Waals surface area contributed by atoms with Crippen LogP contribution in [0.2, 0.25) is 0 Å². The fourth-order valence-corrected chi connectivity index (χ4v) is 2.86. The highest BCUT2D eigenvalue weighted by molar-refractivity contribution is 6.09. The largest absolute Gasteiger partial charge is 0.454 e. The van der Waals surface area contributed by atoms with Crippen molar-refractivity contribution >= 4 is 29.0 Å². The SMILES string of the molecule is Cc1cccc(NC(=O)Nc2ccc3c(c2)C(=O)Nc2ccccc2O3)c1. The van der Waals surface area contributed by atoms with E-state index in [1.807, 2.05) is 43.3 Å². The second kappa shape index (κ2) is 6.84. The van der Waals surface area contributed by atoms with Gasteiger partial charge in [0.05, 0.1) is 11.3 Å². The molecular weight excluding hydrogens is 342 g/mol. The topological polar surface area (TPSA) is 79.5 Å². The Morgan fingerprint density at radius 2 is 1.67 bits per heavy atom. The number of hydrogen-bond acceptors (Lipinski definition) is 3. The van der Waals surface area contributed by atoms with E-state index in [-0.39, 0.29) is 5.91 Å². The number of fused-ring (bicyclic) bond motifs is 2. The minimum absolute atomic E-state index is 0.294. The van der Waals surface area contributed by atoms with Crippen LogP contribution in [0.5, 0.6) is 11.5 Å². The number of urea groups is 1. The van der Waals surface area contributed by atoms with E-state index in [1.54, 1.807) is 30.3 Å². The number of carbonyl (C=O) groups is 2. The third-order valence-corrected chi connectivity index (χ3v) is 4.11. The first-order chi connectivity index (χ1) is 13.1. The molecule has 0 radical (unpaired) electrons. The lowest BCUT2D eigenvalue weighted by Gasteiger charge is -2.11. The van der Waals surface area contributed by atoms with E-state index < -0.39 is 6.03 Å². The van der Waals surface area contributed by atoms with Crippen LogP contribution < -0.4 is 20.7 Å². The van der Waals surface area contributed by atoms with Crippen molar-refractivity contribution in [2.24, 2.45) is 0 Å². The van der Waals surface area contributed by atoms with Gasteiger partial charge in [0.1, 0.15) is 5.75 Å². The predicted molar refractivity (Wildman–Crippen MR) is 105 cm³/mol. The summed E-state index contributed by atoms with van der Waals surface area (Å²) in [6.07, 6.45) is 0. The normalized spacial score (nSPS) is 12.0. The van der Waals surface area contributed by atoms with Crippen molar-refractivity contribution in [3.8, 4) is 11.5 Å². The minimum atomic E-state index is -0.390. The smallest absolute Gasteiger partial charge is 0.323 e. The Labute approximate surface area is 156 Å². The number of carbonyl (C=O) groups excluding carboxylic acids is 2.